The van der Waals surface area contributed by atoms with Crippen LogP contribution in [0.4, 0.5) is 5.69 Å². The number of hydrogen-bond donors (Lipinski definition) is 1. The van der Waals surface area contributed by atoms with Crippen molar-refractivity contribution in [2.75, 3.05) is 11.8 Å². The topological polar surface area (TPSA) is 94.5 Å². The van der Waals surface area contributed by atoms with Gasteiger partial charge in [-0.1, -0.05) is 17.4 Å². The average Bonchev–Trinajstić information content (AvgIpc) is 2.88. The molecule has 0 saturated carbocycles. The van der Waals surface area contributed by atoms with Crippen molar-refractivity contribution < 1.29 is 17.9 Å². The van der Waals surface area contributed by atoms with Gasteiger partial charge in [0.2, 0.25) is 0 Å². The van der Waals surface area contributed by atoms with Gasteiger partial charge < -0.3 is 9.30 Å². The van der Waals surface area contributed by atoms with Crippen LogP contribution in [0, 0.1) is 0 Å². The summed E-state index contributed by atoms with van der Waals surface area (Å²) in [5.74, 6) is -0.559. The van der Waals surface area contributed by atoms with Crippen LogP contribution in [0.25, 0.3) is 10.2 Å². The highest BCUT2D eigenvalue weighted by molar-refractivity contribution is 7.92. The van der Waals surface area contributed by atoms with E-state index in [4.69, 9.17) is 0 Å². The van der Waals surface area contributed by atoms with Gasteiger partial charge in [0, 0.05) is 12.7 Å². The van der Waals surface area contributed by atoms with Crippen LogP contribution in [0.2, 0.25) is 0 Å². The molecule has 0 radical (unpaired) electrons. The summed E-state index contributed by atoms with van der Waals surface area (Å²) in [7, 11) is -0.984. The van der Waals surface area contributed by atoms with Crippen molar-refractivity contribution in [2.45, 2.75) is 4.90 Å². The second-order valence-corrected chi connectivity index (χ2v) is 7.91. The number of anilines is 1. The molecule has 1 aromatic heterocycles. The molecule has 0 atom stereocenters. The fourth-order valence-corrected chi connectivity index (χ4v) is 4.39. The Morgan fingerprint density at radius 3 is 2.68 bits per heavy atom. The van der Waals surface area contributed by atoms with Crippen molar-refractivity contribution >= 4 is 43.2 Å². The van der Waals surface area contributed by atoms with Crippen LogP contribution in [0.5, 0.6) is 0 Å². The quantitative estimate of drug-likeness (QED) is 0.702. The third-order valence-corrected chi connectivity index (χ3v) is 5.98. The van der Waals surface area contributed by atoms with Crippen molar-refractivity contribution in [3.8, 4) is 0 Å². The number of methoxy groups -OCH3 is 1. The zero-order valence-electron chi connectivity index (χ0n) is 13.3. The van der Waals surface area contributed by atoms with E-state index in [1.165, 1.54) is 42.0 Å². The molecule has 1 N–H and O–H groups in total. The molecule has 9 heteroatoms. The first-order valence-electron chi connectivity index (χ1n) is 7.12. The summed E-state index contributed by atoms with van der Waals surface area (Å²) in [4.78, 5) is 23.1. The molecule has 0 spiro atoms. The van der Waals surface area contributed by atoms with Gasteiger partial charge in [-0.15, -0.1) is 0 Å². The molecular formula is C16H14N2O5S2. The summed E-state index contributed by atoms with van der Waals surface area (Å²) < 4.78 is 34.2. The summed E-state index contributed by atoms with van der Waals surface area (Å²) in [6.07, 6.45) is 0. The van der Waals surface area contributed by atoms with E-state index in [1.807, 2.05) is 0 Å². The summed E-state index contributed by atoms with van der Waals surface area (Å²) in [5, 5.41) is 0. The number of fused-ring (bicyclic) bond motifs is 1. The molecule has 2 aromatic carbocycles. The maximum Gasteiger partial charge on any atom is 0.337 e. The highest BCUT2D eigenvalue weighted by Crippen LogP contribution is 2.23. The summed E-state index contributed by atoms with van der Waals surface area (Å²) in [6, 6.07) is 10.5. The zero-order valence-corrected chi connectivity index (χ0v) is 15.0. The Morgan fingerprint density at radius 1 is 1.20 bits per heavy atom. The smallest absolute Gasteiger partial charge is 0.337 e. The highest BCUT2D eigenvalue weighted by Gasteiger charge is 2.17. The second kappa shape index (κ2) is 6.34. The van der Waals surface area contributed by atoms with Crippen LogP contribution in [0.15, 0.2) is 52.2 Å². The van der Waals surface area contributed by atoms with Crippen molar-refractivity contribution in [3.63, 3.8) is 0 Å². The van der Waals surface area contributed by atoms with E-state index < -0.39 is 16.0 Å². The molecule has 0 aliphatic rings. The number of hydrogen-bond acceptors (Lipinski definition) is 6. The fourth-order valence-electron chi connectivity index (χ4n) is 2.32. The predicted molar refractivity (Wildman–Crippen MR) is 95.7 cm³/mol. The Kier molecular flexibility index (Phi) is 4.36. The van der Waals surface area contributed by atoms with E-state index in [-0.39, 0.29) is 21.0 Å². The number of rotatable bonds is 4. The third kappa shape index (κ3) is 3.28. The van der Waals surface area contributed by atoms with Crippen molar-refractivity contribution in [1.82, 2.24) is 4.57 Å². The molecule has 7 nitrogen and oxygen atoms in total. The number of aromatic nitrogens is 1. The van der Waals surface area contributed by atoms with E-state index in [0.29, 0.717) is 10.2 Å². The van der Waals surface area contributed by atoms with Gasteiger partial charge in [-0.2, -0.15) is 0 Å². The second-order valence-electron chi connectivity index (χ2n) is 5.23. The first-order chi connectivity index (χ1) is 11.8. The van der Waals surface area contributed by atoms with Crippen LogP contribution in [-0.4, -0.2) is 26.1 Å². The Hall–Kier alpha value is -2.65. The van der Waals surface area contributed by atoms with Gasteiger partial charge in [-0.25, -0.2) is 13.2 Å². The molecule has 0 aliphatic carbocycles. The van der Waals surface area contributed by atoms with Gasteiger partial charge in [0.05, 0.1) is 27.8 Å². The molecule has 130 valence electrons. The number of benzene rings is 2. The zero-order chi connectivity index (χ0) is 18.2. The minimum atomic E-state index is -3.86. The molecule has 0 fully saturated rings. The van der Waals surface area contributed by atoms with Gasteiger partial charge in [-0.05, 0) is 36.4 Å². The lowest BCUT2D eigenvalue weighted by Gasteiger charge is -2.09. The number of nitrogens with zero attached hydrogens (tertiary/aromatic N) is 1. The SMILES string of the molecule is COC(=O)c1cccc(NS(=O)(=O)c2ccc3c(c2)sc(=O)n3C)c1. The fraction of sp³-hybridized carbons (Fsp3) is 0.125. The lowest BCUT2D eigenvalue weighted by Crippen LogP contribution is -2.13. The maximum absolute atomic E-state index is 12.6. The number of ether oxygens (including phenoxy) is 1. The van der Waals surface area contributed by atoms with Gasteiger partial charge in [-0.3, -0.25) is 9.52 Å². The standard InChI is InChI=1S/C16H14N2O5S2/c1-18-13-7-6-12(9-14(13)24-16(18)20)25(21,22)17-11-5-3-4-10(8-11)15(19)23-2/h3-9,17H,1-2H3. The largest absolute Gasteiger partial charge is 0.465 e. The monoisotopic (exact) mass is 378 g/mol. The number of sulfonamides is 1. The van der Waals surface area contributed by atoms with Crippen molar-refractivity contribution in [3.05, 3.63) is 57.7 Å². The lowest BCUT2D eigenvalue weighted by atomic mass is 10.2. The molecule has 1 heterocycles. The van der Waals surface area contributed by atoms with E-state index in [1.54, 1.807) is 19.2 Å². The average molecular weight is 378 g/mol. The molecule has 3 rings (SSSR count). The molecule has 25 heavy (non-hydrogen) atoms. The van der Waals surface area contributed by atoms with Gasteiger partial charge in [0.1, 0.15) is 0 Å². The van der Waals surface area contributed by atoms with E-state index >= 15 is 0 Å². The van der Waals surface area contributed by atoms with Gasteiger partial charge >= 0.3 is 10.8 Å². The van der Waals surface area contributed by atoms with E-state index in [0.717, 1.165) is 11.3 Å². The van der Waals surface area contributed by atoms with Crippen LogP contribution in [0.1, 0.15) is 10.4 Å². The van der Waals surface area contributed by atoms with Crippen LogP contribution in [0.3, 0.4) is 0 Å². The van der Waals surface area contributed by atoms with Crippen LogP contribution in [-0.2, 0) is 21.8 Å². The molecule has 0 saturated heterocycles. The number of carbonyl (C=O) groups excluding carboxylic acids is 1. The van der Waals surface area contributed by atoms with Crippen LogP contribution >= 0.6 is 11.3 Å². The summed E-state index contributed by atoms with van der Waals surface area (Å²) >= 11 is 0.979. The number of carbonyl (C=O) groups is 1. The number of nitrogens with one attached hydrogen (secondary N) is 1. The highest BCUT2D eigenvalue weighted by atomic mass is 32.2. The van der Waals surface area contributed by atoms with Crippen LogP contribution < -0.4 is 9.60 Å². The Bertz CT molecular complexity index is 1130. The van der Waals surface area contributed by atoms with Crippen molar-refractivity contribution in [2.24, 2.45) is 7.05 Å². The van der Waals surface area contributed by atoms with Gasteiger partial charge in [0.25, 0.3) is 10.0 Å². The molecule has 3 aromatic rings. The van der Waals surface area contributed by atoms with Gasteiger partial charge in [0.15, 0.2) is 0 Å². The normalized spacial score (nSPS) is 11.4. The summed E-state index contributed by atoms with van der Waals surface area (Å²) in [5.41, 5.74) is 1.14. The number of thiazole rings is 1. The molecule has 0 unspecified atom stereocenters. The Balaban J connectivity index is 1.97. The Morgan fingerprint density at radius 2 is 1.96 bits per heavy atom. The number of aryl methyl sites for hydroxylation is 1. The minimum absolute atomic E-state index is 0.0327. The molecule has 0 bridgehead atoms. The van der Waals surface area contributed by atoms with E-state index in [2.05, 4.69) is 9.46 Å². The predicted octanol–water partition coefficient (Wildman–Crippen LogP) is 2.19. The third-order valence-electron chi connectivity index (χ3n) is 3.61. The van der Waals surface area contributed by atoms with E-state index in [9.17, 15) is 18.0 Å². The first-order valence-corrected chi connectivity index (χ1v) is 9.42. The Labute approximate surface area is 147 Å². The molecule has 0 amide bonds. The summed E-state index contributed by atoms with van der Waals surface area (Å²) in [6.45, 7) is 0. The number of esters is 1. The van der Waals surface area contributed by atoms with Crippen molar-refractivity contribution in [1.29, 1.82) is 0 Å². The minimum Gasteiger partial charge on any atom is -0.465 e. The first kappa shape index (κ1) is 17.2. The lowest BCUT2D eigenvalue weighted by molar-refractivity contribution is 0.0601. The molecular weight excluding hydrogens is 364 g/mol. The maximum atomic E-state index is 12.6. The molecule has 0 aliphatic heterocycles.